The molecule has 4 nitrogen and oxygen atoms in total. The molecule has 0 aliphatic rings. The van der Waals surface area contributed by atoms with Gasteiger partial charge in [-0.15, -0.1) is 0 Å². The number of amides is 1. The van der Waals surface area contributed by atoms with Crippen LogP contribution in [0.15, 0.2) is 30.3 Å². The summed E-state index contributed by atoms with van der Waals surface area (Å²) in [6, 6.07) is 7.79. The summed E-state index contributed by atoms with van der Waals surface area (Å²) < 4.78 is 0. The van der Waals surface area contributed by atoms with E-state index in [-0.39, 0.29) is 5.91 Å². The van der Waals surface area contributed by atoms with Gasteiger partial charge in [0.2, 0.25) is 5.91 Å². The number of nitrogens with one attached hydrogen (secondary N) is 1. The van der Waals surface area contributed by atoms with E-state index in [1.54, 1.807) is 24.3 Å². The van der Waals surface area contributed by atoms with Gasteiger partial charge in [-0.25, -0.2) is 4.79 Å². The highest BCUT2D eigenvalue weighted by Gasteiger charge is 2.21. The number of carboxylic acids is 1. The number of carbonyl (C=O) groups excluding carboxylic acids is 1. The van der Waals surface area contributed by atoms with Crippen LogP contribution in [0.5, 0.6) is 0 Å². The molecule has 0 spiro atoms. The predicted molar refractivity (Wildman–Crippen MR) is 73.7 cm³/mol. The van der Waals surface area contributed by atoms with Gasteiger partial charge in [0.05, 0.1) is 0 Å². The zero-order chi connectivity index (χ0) is 14.1. The highest BCUT2D eigenvalue weighted by Crippen LogP contribution is 2.13. The van der Waals surface area contributed by atoms with Crippen molar-refractivity contribution in [1.82, 2.24) is 5.32 Å². The smallest absolute Gasteiger partial charge is 0.330 e. The highest BCUT2D eigenvalue weighted by atomic mass is 16.4. The van der Waals surface area contributed by atoms with E-state index in [0.29, 0.717) is 12.0 Å². The van der Waals surface area contributed by atoms with Crippen molar-refractivity contribution in [2.75, 3.05) is 0 Å². The maximum Gasteiger partial charge on any atom is 0.330 e. The fraction of sp³-hybridized carbons (Fsp3) is 0.467. The molecule has 4 heteroatoms. The topological polar surface area (TPSA) is 66.4 Å². The Balaban J connectivity index is 2.51. The van der Waals surface area contributed by atoms with Crippen LogP contribution in [0.1, 0.15) is 50.6 Å². The molecular formula is C15H21NO3. The molecule has 1 aromatic rings. The molecule has 0 aliphatic carbocycles. The van der Waals surface area contributed by atoms with Crippen molar-refractivity contribution in [2.24, 2.45) is 0 Å². The maximum atomic E-state index is 11.7. The van der Waals surface area contributed by atoms with Crippen molar-refractivity contribution in [1.29, 1.82) is 0 Å². The molecule has 19 heavy (non-hydrogen) atoms. The summed E-state index contributed by atoms with van der Waals surface area (Å²) in [5.74, 6) is -1.24. The van der Waals surface area contributed by atoms with Gasteiger partial charge < -0.3 is 10.4 Å². The molecule has 0 bridgehead atoms. The van der Waals surface area contributed by atoms with Crippen LogP contribution in [0.4, 0.5) is 0 Å². The third kappa shape index (κ3) is 5.55. The molecule has 0 heterocycles. The fourth-order valence-electron chi connectivity index (χ4n) is 1.88. The van der Waals surface area contributed by atoms with E-state index in [1.807, 2.05) is 6.07 Å². The summed E-state index contributed by atoms with van der Waals surface area (Å²) in [5, 5.41) is 11.7. The third-order valence-corrected chi connectivity index (χ3v) is 2.94. The number of unbranched alkanes of at least 4 members (excludes halogenated alkanes) is 3. The van der Waals surface area contributed by atoms with E-state index in [0.717, 1.165) is 25.7 Å². The molecule has 1 aromatic carbocycles. The van der Waals surface area contributed by atoms with E-state index in [2.05, 4.69) is 12.2 Å². The first kappa shape index (κ1) is 15.2. The van der Waals surface area contributed by atoms with Gasteiger partial charge in [0.15, 0.2) is 6.04 Å². The van der Waals surface area contributed by atoms with Crippen molar-refractivity contribution < 1.29 is 14.7 Å². The van der Waals surface area contributed by atoms with E-state index in [4.69, 9.17) is 0 Å². The molecule has 2 N–H and O–H groups in total. The van der Waals surface area contributed by atoms with Crippen LogP contribution in [-0.4, -0.2) is 17.0 Å². The molecule has 0 aromatic heterocycles. The van der Waals surface area contributed by atoms with Crippen molar-refractivity contribution >= 4 is 11.9 Å². The third-order valence-electron chi connectivity index (χ3n) is 2.94. The van der Waals surface area contributed by atoms with Crippen LogP contribution >= 0.6 is 0 Å². The first-order valence-electron chi connectivity index (χ1n) is 6.72. The Labute approximate surface area is 113 Å². The Hall–Kier alpha value is -1.84. The maximum absolute atomic E-state index is 11.7. The molecule has 0 saturated carbocycles. The number of aliphatic carboxylic acids is 1. The Morgan fingerprint density at radius 2 is 1.84 bits per heavy atom. The van der Waals surface area contributed by atoms with E-state index in [1.165, 1.54) is 0 Å². The van der Waals surface area contributed by atoms with Crippen molar-refractivity contribution in [3.63, 3.8) is 0 Å². The van der Waals surface area contributed by atoms with E-state index in [9.17, 15) is 14.7 Å². The van der Waals surface area contributed by atoms with Crippen LogP contribution in [0.25, 0.3) is 0 Å². The molecule has 104 valence electrons. The summed E-state index contributed by atoms with van der Waals surface area (Å²) in [7, 11) is 0. The Morgan fingerprint density at radius 1 is 1.16 bits per heavy atom. The first-order valence-corrected chi connectivity index (χ1v) is 6.72. The van der Waals surface area contributed by atoms with Crippen LogP contribution in [0.2, 0.25) is 0 Å². The standard InChI is InChI=1S/C15H21NO3/c1-2-3-4-8-11-13(17)16-14(15(18)19)12-9-6-5-7-10-12/h5-7,9-10,14H,2-4,8,11H2,1H3,(H,16,17)(H,18,19). The number of rotatable bonds is 8. The van der Waals surface area contributed by atoms with Gasteiger partial charge in [-0.3, -0.25) is 4.79 Å². The van der Waals surface area contributed by atoms with Gasteiger partial charge in [0.1, 0.15) is 0 Å². The van der Waals surface area contributed by atoms with Gasteiger partial charge in [-0.2, -0.15) is 0 Å². The van der Waals surface area contributed by atoms with Crippen LogP contribution in [0, 0.1) is 0 Å². The van der Waals surface area contributed by atoms with Gasteiger partial charge >= 0.3 is 5.97 Å². The second kappa shape index (κ2) is 8.29. The summed E-state index contributed by atoms with van der Waals surface area (Å²) in [6.07, 6.45) is 4.42. The summed E-state index contributed by atoms with van der Waals surface area (Å²) in [4.78, 5) is 22.9. The minimum atomic E-state index is -1.03. The zero-order valence-electron chi connectivity index (χ0n) is 11.3. The fourth-order valence-corrected chi connectivity index (χ4v) is 1.88. The normalized spacial score (nSPS) is 11.8. The van der Waals surface area contributed by atoms with Crippen LogP contribution in [0.3, 0.4) is 0 Å². The second-order valence-electron chi connectivity index (χ2n) is 4.56. The Bertz CT molecular complexity index is 403. The summed E-state index contributed by atoms with van der Waals surface area (Å²) >= 11 is 0. The van der Waals surface area contributed by atoms with Crippen molar-refractivity contribution in [2.45, 2.75) is 45.1 Å². The molecule has 1 rings (SSSR count). The molecule has 0 radical (unpaired) electrons. The molecule has 1 amide bonds. The number of carboxylic acid groups (broad SMARTS) is 1. The number of carbonyl (C=O) groups is 2. The lowest BCUT2D eigenvalue weighted by atomic mass is 10.1. The molecule has 1 atom stereocenters. The molecule has 1 unspecified atom stereocenters. The quantitative estimate of drug-likeness (QED) is 0.709. The lowest BCUT2D eigenvalue weighted by Gasteiger charge is -2.14. The Morgan fingerprint density at radius 3 is 2.42 bits per heavy atom. The van der Waals surface area contributed by atoms with Gasteiger partial charge in [0.25, 0.3) is 0 Å². The molecule has 0 aliphatic heterocycles. The molecule has 0 saturated heterocycles. The lowest BCUT2D eigenvalue weighted by Crippen LogP contribution is -2.33. The molecule has 0 fully saturated rings. The van der Waals surface area contributed by atoms with Gasteiger partial charge in [0, 0.05) is 6.42 Å². The SMILES string of the molecule is CCCCCCC(=O)NC(C(=O)O)c1ccccc1. The summed E-state index contributed by atoms with van der Waals surface area (Å²) in [5.41, 5.74) is 0.594. The average Bonchev–Trinajstić information content (AvgIpc) is 2.41. The second-order valence-corrected chi connectivity index (χ2v) is 4.56. The number of benzene rings is 1. The van der Waals surface area contributed by atoms with Crippen LogP contribution in [-0.2, 0) is 9.59 Å². The molecular weight excluding hydrogens is 242 g/mol. The minimum absolute atomic E-state index is 0.202. The monoisotopic (exact) mass is 263 g/mol. The minimum Gasteiger partial charge on any atom is -0.479 e. The van der Waals surface area contributed by atoms with E-state index < -0.39 is 12.0 Å². The van der Waals surface area contributed by atoms with Gasteiger partial charge in [-0.1, -0.05) is 56.5 Å². The highest BCUT2D eigenvalue weighted by molar-refractivity contribution is 5.84. The zero-order valence-corrected chi connectivity index (χ0v) is 11.3. The lowest BCUT2D eigenvalue weighted by molar-refractivity contribution is -0.142. The van der Waals surface area contributed by atoms with Crippen molar-refractivity contribution in [3.8, 4) is 0 Å². The summed E-state index contributed by atoms with van der Waals surface area (Å²) in [6.45, 7) is 2.11. The number of hydrogen-bond acceptors (Lipinski definition) is 2. The average molecular weight is 263 g/mol. The van der Waals surface area contributed by atoms with Crippen LogP contribution < -0.4 is 5.32 Å². The van der Waals surface area contributed by atoms with E-state index >= 15 is 0 Å². The first-order chi connectivity index (χ1) is 9.15. The number of hydrogen-bond donors (Lipinski definition) is 2. The van der Waals surface area contributed by atoms with Gasteiger partial charge in [-0.05, 0) is 12.0 Å². The van der Waals surface area contributed by atoms with Crippen molar-refractivity contribution in [3.05, 3.63) is 35.9 Å². The predicted octanol–water partition coefficient (Wildman–Crippen LogP) is 2.90. The largest absolute Gasteiger partial charge is 0.479 e. The Kier molecular flexibility index (Phi) is 6.64.